The predicted octanol–water partition coefficient (Wildman–Crippen LogP) is 3.15. The van der Waals surface area contributed by atoms with Crippen molar-refractivity contribution in [2.24, 2.45) is 0 Å². The van der Waals surface area contributed by atoms with E-state index in [-0.39, 0.29) is 6.61 Å². The highest BCUT2D eigenvalue weighted by Gasteiger charge is 2.04. The molecule has 16 heavy (non-hydrogen) atoms. The quantitative estimate of drug-likeness (QED) is 0.836. The van der Waals surface area contributed by atoms with E-state index in [1.54, 1.807) is 0 Å². The van der Waals surface area contributed by atoms with Crippen LogP contribution in [0.4, 0.5) is 0 Å². The fourth-order valence-corrected chi connectivity index (χ4v) is 2.01. The average Bonchev–Trinajstić information content (AvgIpc) is 2.68. The third kappa shape index (κ3) is 2.12. The van der Waals surface area contributed by atoms with Crippen molar-refractivity contribution in [1.29, 1.82) is 0 Å². The summed E-state index contributed by atoms with van der Waals surface area (Å²) in [5.41, 5.74) is 2.64. The van der Waals surface area contributed by atoms with Gasteiger partial charge in [0.25, 0.3) is 0 Å². The highest BCUT2D eigenvalue weighted by atomic mass is 16.3. The molecule has 0 saturated carbocycles. The third-order valence-corrected chi connectivity index (χ3v) is 3.02. The Labute approximate surface area is 96.5 Å². The van der Waals surface area contributed by atoms with Gasteiger partial charge in [0.1, 0.15) is 0 Å². The molecule has 2 nitrogen and oxygen atoms in total. The van der Waals surface area contributed by atoms with E-state index in [1.165, 1.54) is 16.5 Å². The Morgan fingerprint density at radius 1 is 1.25 bits per heavy atom. The number of aromatic nitrogens is 1. The lowest BCUT2D eigenvalue weighted by Crippen LogP contribution is -1.98. The Kier molecular flexibility index (Phi) is 3.30. The smallest absolute Gasteiger partial charge is 0.0480 e. The maximum absolute atomic E-state index is 8.84. The van der Waals surface area contributed by atoms with Crippen LogP contribution < -0.4 is 0 Å². The summed E-state index contributed by atoms with van der Waals surface area (Å²) in [7, 11) is 0. The Hall–Kier alpha value is -1.28. The molecule has 1 aromatic heterocycles. The number of aryl methyl sites for hydroxylation is 1. The van der Waals surface area contributed by atoms with Gasteiger partial charge in [0.05, 0.1) is 0 Å². The molecule has 1 N–H and O–H groups in total. The molecular weight excluding hydrogens is 198 g/mol. The molecule has 0 atom stereocenters. The van der Waals surface area contributed by atoms with Gasteiger partial charge < -0.3 is 9.67 Å². The van der Waals surface area contributed by atoms with E-state index < -0.39 is 0 Å². The first-order valence-corrected chi connectivity index (χ1v) is 5.92. The normalized spacial score (nSPS) is 11.5. The van der Waals surface area contributed by atoms with Crippen LogP contribution in [0.3, 0.4) is 0 Å². The molecule has 1 aromatic carbocycles. The van der Waals surface area contributed by atoms with E-state index in [0.717, 1.165) is 13.0 Å². The second-order valence-corrected chi connectivity index (χ2v) is 4.56. The second kappa shape index (κ2) is 4.71. The van der Waals surface area contributed by atoms with Crippen LogP contribution >= 0.6 is 0 Å². The SMILES string of the molecule is CC(C)c1ccc2c(ccn2CCCO)c1. The van der Waals surface area contributed by atoms with Crippen LogP contribution in [0.15, 0.2) is 30.5 Å². The first kappa shape index (κ1) is 11.2. The zero-order valence-corrected chi connectivity index (χ0v) is 9.98. The van der Waals surface area contributed by atoms with Gasteiger partial charge in [0.2, 0.25) is 0 Å². The number of hydrogen-bond acceptors (Lipinski definition) is 1. The lowest BCUT2D eigenvalue weighted by atomic mass is 10.0. The molecule has 2 heteroatoms. The minimum Gasteiger partial charge on any atom is -0.396 e. The highest BCUT2D eigenvalue weighted by molar-refractivity contribution is 5.81. The van der Waals surface area contributed by atoms with E-state index in [1.807, 2.05) is 0 Å². The van der Waals surface area contributed by atoms with Gasteiger partial charge in [0, 0.05) is 24.9 Å². The molecule has 0 saturated heterocycles. The standard InChI is InChI=1S/C14H19NO/c1-11(2)12-4-5-14-13(10-12)6-8-15(14)7-3-9-16/h4-6,8,10-11,16H,3,7,9H2,1-2H3. The molecule has 1 heterocycles. The van der Waals surface area contributed by atoms with Gasteiger partial charge >= 0.3 is 0 Å². The summed E-state index contributed by atoms with van der Waals surface area (Å²) in [5.74, 6) is 0.574. The second-order valence-electron chi connectivity index (χ2n) is 4.56. The van der Waals surface area contributed by atoms with Gasteiger partial charge in [-0.3, -0.25) is 0 Å². The highest BCUT2D eigenvalue weighted by Crippen LogP contribution is 2.22. The minimum atomic E-state index is 0.254. The lowest BCUT2D eigenvalue weighted by molar-refractivity contribution is 0.280. The van der Waals surface area contributed by atoms with Crippen molar-refractivity contribution < 1.29 is 5.11 Å². The molecule has 0 aliphatic rings. The van der Waals surface area contributed by atoms with Crippen LogP contribution in [0, 0.1) is 0 Å². The van der Waals surface area contributed by atoms with Gasteiger partial charge in [0.15, 0.2) is 0 Å². The molecule has 0 bridgehead atoms. The monoisotopic (exact) mass is 217 g/mol. The zero-order chi connectivity index (χ0) is 11.5. The number of rotatable bonds is 4. The summed E-state index contributed by atoms with van der Waals surface area (Å²) in [5, 5.41) is 10.1. The summed E-state index contributed by atoms with van der Waals surface area (Å²) >= 11 is 0. The van der Waals surface area contributed by atoms with Crippen LogP contribution in [0.5, 0.6) is 0 Å². The Bertz CT molecular complexity index is 471. The fraction of sp³-hybridized carbons (Fsp3) is 0.429. The Morgan fingerprint density at radius 2 is 2.06 bits per heavy atom. The maximum atomic E-state index is 8.84. The van der Waals surface area contributed by atoms with E-state index in [4.69, 9.17) is 5.11 Å². The zero-order valence-electron chi connectivity index (χ0n) is 9.98. The van der Waals surface area contributed by atoms with E-state index in [0.29, 0.717) is 5.92 Å². The Morgan fingerprint density at radius 3 is 2.75 bits per heavy atom. The van der Waals surface area contributed by atoms with E-state index in [2.05, 4.69) is 48.9 Å². The van der Waals surface area contributed by atoms with Crippen LogP contribution in [0.2, 0.25) is 0 Å². The molecule has 0 aliphatic carbocycles. The van der Waals surface area contributed by atoms with Gasteiger partial charge in [-0.05, 0) is 41.5 Å². The average molecular weight is 217 g/mol. The van der Waals surface area contributed by atoms with E-state index >= 15 is 0 Å². The summed E-state index contributed by atoms with van der Waals surface area (Å²) in [6.07, 6.45) is 2.92. The number of fused-ring (bicyclic) bond motifs is 1. The van der Waals surface area contributed by atoms with Crippen LogP contribution in [-0.2, 0) is 6.54 Å². The van der Waals surface area contributed by atoms with Crippen molar-refractivity contribution in [3.8, 4) is 0 Å². The van der Waals surface area contributed by atoms with Crippen molar-refractivity contribution in [3.05, 3.63) is 36.0 Å². The number of nitrogens with zero attached hydrogens (tertiary/aromatic N) is 1. The number of aliphatic hydroxyl groups is 1. The van der Waals surface area contributed by atoms with Gasteiger partial charge in [-0.1, -0.05) is 19.9 Å². The van der Waals surface area contributed by atoms with Gasteiger partial charge in [-0.15, -0.1) is 0 Å². The number of benzene rings is 1. The molecule has 0 spiro atoms. The molecule has 0 amide bonds. The predicted molar refractivity (Wildman–Crippen MR) is 67.7 cm³/mol. The first-order chi connectivity index (χ1) is 7.72. The lowest BCUT2D eigenvalue weighted by Gasteiger charge is -2.07. The van der Waals surface area contributed by atoms with Gasteiger partial charge in [-0.25, -0.2) is 0 Å². The molecule has 2 aromatic rings. The van der Waals surface area contributed by atoms with Crippen molar-refractivity contribution >= 4 is 10.9 Å². The van der Waals surface area contributed by atoms with Gasteiger partial charge in [-0.2, -0.15) is 0 Å². The summed E-state index contributed by atoms with van der Waals surface area (Å²) in [6, 6.07) is 8.79. The minimum absolute atomic E-state index is 0.254. The summed E-state index contributed by atoms with van der Waals surface area (Å²) in [6.45, 7) is 5.57. The molecular formula is C14H19NO. The molecule has 0 aliphatic heterocycles. The summed E-state index contributed by atoms with van der Waals surface area (Å²) in [4.78, 5) is 0. The van der Waals surface area contributed by atoms with Crippen molar-refractivity contribution in [3.63, 3.8) is 0 Å². The van der Waals surface area contributed by atoms with Crippen molar-refractivity contribution in [1.82, 2.24) is 4.57 Å². The van der Waals surface area contributed by atoms with E-state index in [9.17, 15) is 0 Å². The first-order valence-electron chi connectivity index (χ1n) is 5.92. The van der Waals surface area contributed by atoms with Crippen LogP contribution in [0.1, 0.15) is 31.7 Å². The maximum Gasteiger partial charge on any atom is 0.0480 e. The topological polar surface area (TPSA) is 25.2 Å². The molecule has 0 fully saturated rings. The van der Waals surface area contributed by atoms with Crippen LogP contribution in [-0.4, -0.2) is 16.3 Å². The summed E-state index contributed by atoms with van der Waals surface area (Å²) < 4.78 is 2.20. The Balaban J connectivity index is 2.35. The fourth-order valence-electron chi connectivity index (χ4n) is 2.01. The molecule has 86 valence electrons. The van der Waals surface area contributed by atoms with Crippen LogP contribution in [0.25, 0.3) is 10.9 Å². The number of hydrogen-bond donors (Lipinski definition) is 1. The van der Waals surface area contributed by atoms with Crippen molar-refractivity contribution in [2.75, 3.05) is 6.61 Å². The largest absolute Gasteiger partial charge is 0.396 e. The third-order valence-electron chi connectivity index (χ3n) is 3.02. The molecule has 0 radical (unpaired) electrons. The number of aliphatic hydroxyl groups excluding tert-OH is 1. The molecule has 0 unspecified atom stereocenters. The van der Waals surface area contributed by atoms with Crippen molar-refractivity contribution in [2.45, 2.75) is 32.7 Å². The molecule has 2 rings (SSSR count).